The number of nitro benzene ring substituents is 1. The fraction of sp³-hybridized carbons (Fsp3) is 0.400. The highest BCUT2D eigenvalue weighted by Gasteiger charge is 2.37. The van der Waals surface area contributed by atoms with Crippen LogP contribution in [0.15, 0.2) is 24.3 Å². The maximum absolute atomic E-state index is 12.1. The van der Waals surface area contributed by atoms with E-state index in [1.807, 2.05) is 0 Å². The van der Waals surface area contributed by atoms with E-state index < -0.39 is 23.3 Å². The number of para-hydroxylation sites is 2. The van der Waals surface area contributed by atoms with Gasteiger partial charge in [-0.15, -0.1) is 21.8 Å². The van der Waals surface area contributed by atoms with Gasteiger partial charge in [-0.05, 0) is 6.07 Å². The Morgan fingerprint density at radius 2 is 2.22 bits per heavy atom. The lowest BCUT2D eigenvalue weighted by Gasteiger charge is -2.16. The summed E-state index contributed by atoms with van der Waals surface area (Å²) in [5.74, 6) is 0.320. The molecule has 0 spiro atoms. The minimum atomic E-state index is -1.02. The van der Waals surface area contributed by atoms with Crippen molar-refractivity contribution in [2.45, 2.75) is 18.8 Å². The van der Waals surface area contributed by atoms with Crippen molar-refractivity contribution in [1.82, 2.24) is 15.1 Å². The highest BCUT2D eigenvalue weighted by Crippen LogP contribution is 2.35. The number of aliphatic hydroxyl groups excluding tert-OH is 1. The van der Waals surface area contributed by atoms with Crippen LogP contribution in [0.2, 0.25) is 0 Å². The standard InChI is InChI=1S/C15H16ClN5O5S/c1-19-8-12(22)20(15(19)23)14-18-17-13(27-14)11(6-7-16)26-10-5-3-2-4-9(10)21(24)25/h2-5,11-12,22H,6-8H2,1H3. The zero-order chi connectivity index (χ0) is 19.6. The third-order valence-electron chi connectivity index (χ3n) is 3.88. The zero-order valence-electron chi connectivity index (χ0n) is 14.2. The smallest absolute Gasteiger partial charge is 0.328 e. The van der Waals surface area contributed by atoms with Gasteiger partial charge < -0.3 is 14.7 Å². The van der Waals surface area contributed by atoms with Gasteiger partial charge >= 0.3 is 11.7 Å². The average molecular weight is 414 g/mol. The fourth-order valence-corrected chi connectivity index (χ4v) is 3.72. The van der Waals surface area contributed by atoms with E-state index in [0.29, 0.717) is 11.4 Å². The highest BCUT2D eigenvalue weighted by atomic mass is 35.5. The van der Waals surface area contributed by atoms with Gasteiger partial charge in [0.2, 0.25) is 5.13 Å². The molecule has 27 heavy (non-hydrogen) atoms. The van der Waals surface area contributed by atoms with E-state index in [-0.39, 0.29) is 29.0 Å². The number of ether oxygens (including phenoxy) is 1. The van der Waals surface area contributed by atoms with Gasteiger partial charge in [0.25, 0.3) is 0 Å². The molecular formula is C15H16ClN5O5S. The van der Waals surface area contributed by atoms with Crippen molar-refractivity contribution < 1.29 is 19.6 Å². The number of carbonyl (C=O) groups is 1. The van der Waals surface area contributed by atoms with Gasteiger partial charge in [-0.2, -0.15) is 0 Å². The molecule has 1 aromatic carbocycles. The van der Waals surface area contributed by atoms with Crippen LogP contribution in [0.3, 0.4) is 0 Å². The summed E-state index contributed by atoms with van der Waals surface area (Å²) in [5.41, 5.74) is -0.173. The Balaban J connectivity index is 1.86. The van der Waals surface area contributed by atoms with Gasteiger partial charge in [0, 0.05) is 25.4 Å². The minimum Gasteiger partial charge on any atom is -0.476 e. The zero-order valence-corrected chi connectivity index (χ0v) is 15.8. The van der Waals surface area contributed by atoms with E-state index in [9.17, 15) is 20.0 Å². The number of benzene rings is 1. The molecular weight excluding hydrogens is 398 g/mol. The summed E-state index contributed by atoms with van der Waals surface area (Å²) in [5, 5.41) is 29.8. The molecule has 1 fully saturated rings. The van der Waals surface area contributed by atoms with Gasteiger partial charge in [-0.3, -0.25) is 10.1 Å². The van der Waals surface area contributed by atoms with E-state index in [4.69, 9.17) is 16.3 Å². The Hall–Kier alpha value is -2.50. The first kappa shape index (κ1) is 19.3. The molecule has 1 aromatic heterocycles. The van der Waals surface area contributed by atoms with Crippen molar-refractivity contribution in [2.24, 2.45) is 0 Å². The third kappa shape index (κ3) is 3.94. The number of likely N-dealkylation sites (N-methyl/N-ethyl adjacent to an activating group) is 1. The molecule has 2 aromatic rings. The molecule has 1 saturated heterocycles. The number of urea groups is 1. The summed E-state index contributed by atoms with van der Waals surface area (Å²) < 4.78 is 5.79. The molecule has 1 aliphatic heterocycles. The number of anilines is 1. The van der Waals surface area contributed by atoms with E-state index in [2.05, 4.69) is 10.2 Å². The van der Waals surface area contributed by atoms with Crippen LogP contribution in [-0.2, 0) is 0 Å². The highest BCUT2D eigenvalue weighted by molar-refractivity contribution is 7.15. The van der Waals surface area contributed by atoms with Gasteiger partial charge in [0.05, 0.1) is 11.5 Å². The van der Waals surface area contributed by atoms with Crippen molar-refractivity contribution >= 4 is 39.8 Å². The maximum atomic E-state index is 12.1. The van der Waals surface area contributed by atoms with Crippen molar-refractivity contribution in [3.05, 3.63) is 39.4 Å². The predicted molar refractivity (Wildman–Crippen MR) is 98.2 cm³/mol. The maximum Gasteiger partial charge on any atom is 0.328 e. The number of rotatable bonds is 7. The van der Waals surface area contributed by atoms with E-state index in [0.717, 1.165) is 16.2 Å². The number of aromatic nitrogens is 2. The molecule has 10 nitrogen and oxygen atoms in total. The number of aliphatic hydroxyl groups is 1. The molecule has 1 aliphatic rings. The summed E-state index contributed by atoms with van der Waals surface area (Å²) in [6.07, 6.45) is -1.37. The topological polar surface area (TPSA) is 122 Å². The van der Waals surface area contributed by atoms with Crippen LogP contribution in [0, 0.1) is 10.1 Å². The van der Waals surface area contributed by atoms with Crippen LogP contribution in [-0.4, -0.2) is 56.9 Å². The second kappa shape index (κ2) is 8.03. The number of nitrogens with zero attached hydrogens (tertiary/aromatic N) is 5. The molecule has 0 radical (unpaired) electrons. The quantitative estimate of drug-likeness (QED) is 0.420. The summed E-state index contributed by atoms with van der Waals surface area (Å²) in [6, 6.07) is 5.61. The van der Waals surface area contributed by atoms with Crippen LogP contribution >= 0.6 is 22.9 Å². The molecule has 1 N–H and O–H groups in total. The van der Waals surface area contributed by atoms with Crippen LogP contribution in [0.4, 0.5) is 15.6 Å². The molecule has 2 atom stereocenters. The Kier molecular flexibility index (Phi) is 5.73. The molecule has 2 heterocycles. The van der Waals surface area contributed by atoms with Crippen molar-refractivity contribution in [2.75, 3.05) is 24.4 Å². The molecule has 3 rings (SSSR count). The molecule has 0 saturated carbocycles. The second-order valence-electron chi connectivity index (χ2n) is 5.75. The molecule has 0 bridgehead atoms. The Morgan fingerprint density at radius 1 is 1.48 bits per heavy atom. The van der Waals surface area contributed by atoms with Gasteiger partial charge in [0.15, 0.2) is 23.1 Å². The summed E-state index contributed by atoms with van der Waals surface area (Å²) in [7, 11) is 1.57. The van der Waals surface area contributed by atoms with E-state index in [1.54, 1.807) is 19.2 Å². The first-order valence-electron chi connectivity index (χ1n) is 7.94. The van der Waals surface area contributed by atoms with Gasteiger partial charge in [0.1, 0.15) is 0 Å². The predicted octanol–water partition coefficient (Wildman–Crippen LogP) is 2.39. The molecule has 12 heteroatoms. The van der Waals surface area contributed by atoms with E-state index >= 15 is 0 Å². The molecule has 144 valence electrons. The SMILES string of the molecule is CN1CC(O)N(c2nnc(C(CCCl)Oc3ccccc3[N+](=O)[O-])s2)C1=O. The molecule has 2 unspecified atom stereocenters. The largest absolute Gasteiger partial charge is 0.476 e. The van der Waals surface area contributed by atoms with Gasteiger partial charge in [-0.25, -0.2) is 9.69 Å². The Morgan fingerprint density at radius 3 is 2.85 bits per heavy atom. The molecule has 2 amide bonds. The monoisotopic (exact) mass is 413 g/mol. The van der Waals surface area contributed by atoms with Crippen molar-refractivity contribution in [3.63, 3.8) is 0 Å². The lowest BCUT2D eigenvalue weighted by atomic mass is 10.2. The number of alkyl halides is 1. The Labute approximate surface area is 163 Å². The fourth-order valence-electron chi connectivity index (χ4n) is 2.57. The number of carbonyl (C=O) groups excluding carboxylic acids is 1. The van der Waals surface area contributed by atoms with E-state index in [1.165, 1.54) is 17.0 Å². The molecule has 0 aliphatic carbocycles. The number of nitro groups is 1. The number of β-amino-alcohol motifs (C(OH)–C–C–N with tert-alkyl or cyclic N) is 1. The minimum absolute atomic E-state index is 0.0892. The lowest BCUT2D eigenvalue weighted by Crippen LogP contribution is -2.34. The Bertz CT molecular complexity index is 850. The van der Waals surface area contributed by atoms with Crippen LogP contribution in [0.25, 0.3) is 0 Å². The number of halogens is 1. The summed E-state index contributed by atoms with van der Waals surface area (Å²) in [6.45, 7) is 0.158. The number of amides is 2. The first-order valence-corrected chi connectivity index (χ1v) is 9.29. The summed E-state index contributed by atoms with van der Waals surface area (Å²) >= 11 is 6.91. The number of hydrogen-bond acceptors (Lipinski definition) is 8. The van der Waals surface area contributed by atoms with Crippen LogP contribution in [0.5, 0.6) is 5.75 Å². The first-order chi connectivity index (χ1) is 12.9. The third-order valence-corrected chi connectivity index (χ3v) is 5.11. The lowest BCUT2D eigenvalue weighted by molar-refractivity contribution is -0.386. The average Bonchev–Trinajstić information content (AvgIpc) is 3.19. The van der Waals surface area contributed by atoms with Gasteiger partial charge in [-0.1, -0.05) is 23.5 Å². The van der Waals surface area contributed by atoms with Crippen LogP contribution < -0.4 is 9.64 Å². The normalized spacial score (nSPS) is 18.0. The summed E-state index contributed by atoms with van der Waals surface area (Å²) in [4.78, 5) is 25.3. The van der Waals surface area contributed by atoms with Crippen molar-refractivity contribution in [1.29, 1.82) is 0 Å². The van der Waals surface area contributed by atoms with Crippen LogP contribution in [0.1, 0.15) is 17.5 Å². The second-order valence-corrected chi connectivity index (χ2v) is 7.11. The number of hydrogen-bond donors (Lipinski definition) is 1. The van der Waals surface area contributed by atoms with Crippen molar-refractivity contribution in [3.8, 4) is 5.75 Å².